The molecular formula is C20H30N2O2. The second-order valence-corrected chi connectivity index (χ2v) is 7.49. The van der Waals surface area contributed by atoms with Gasteiger partial charge in [-0.3, -0.25) is 9.59 Å². The lowest BCUT2D eigenvalue weighted by Gasteiger charge is -2.38. The average Bonchev–Trinajstić information content (AvgIpc) is 2.59. The zero-order chi connectivity index (χ0) is 17.7. The quantitative estimate of drug-likeness (QED) is 0.776. The van der Waals surface area contributed by atoms with Crippen LogP contribution in [0, 0.1) is 5.41 Å². The summed E-state index contributed by atoms with van der Waals surface area (Å²) in [6, 6.07) is 10.00. The van der Waals surface area contributed by atoms with E-state index >= 15 is 0 Å². The molecule has 1 saturated heterocycles. The monoisotopic (exact) mass is 330 g/mol. The minimum absolute atomic E-state index is 0.0362. The fourth-order valence-corrected chi connectivity index (χ4v) is 3.21. The predicted octanol–water partition coefficient (Wildman–Crippen LogP) is 3.46. The molecule has 0 bridgehead atoms. The van der Waals surface area contributed by atoms with Gasteiger partial charge in [0.15, 0.2) is 0 Å². The molecule has 1 heterocycles. The fourth-order valence-electron chi connectivity index (χ4n) is 3.21. The third-order valence-corrected chi connectivity index (χ3v) is 4.79. The lowest BCUT2D eigenvalue weighted by Crippen LogP contribution is -2.53. The van der Waals surface area contributed by atoms with Crippen LogP contribution in [0.2, 0.25) is 0 Å². The zero-order valence-electron chi connectivity index (χ0n) is 15.4. The first-order valence-electron chi connectivity index (χ1n) is 8.98. The van der Waals surface area contributed by atoms with Crippen LogP contribution in [0.1, 0.15) is 52.5 Å². The number of carbonyl (C=O) groups is 2. The molecule has 0 aromatic heterocycles. The molecule has 132 valence electrons. The van der Waals surface area contributed by atoms with Gasteiger partial charge in [-0.1, -0.05) is 30.3 Å². The third-order valence-electron chi connectivity index (χ3n) is 4.79. The van der Waals surface area contributed by atoms with Crippen LogP contribution in [-0.4, -0.2) is 40.7 Å². The van der Waals surface area contributed by atoms with Crippen molar-refractivity contribution < 1.29 is 9.59 Å². The summed E-state index contributed by atoms with van der Waals surface area (Å²) >= 11 is 0. The normalized spacial score (nSPS) is 15.5. The van der Waals surface area contributed by atoms with E-state index in [1.165, 1.54) is 6.42 Å². The van der Waals surface area contributed by atoms with E-state index in [1.807, 2.05) is 54.0 Å². The Morgan fingerprint density at radius 2 is 1.67 bits per heavy atom. The lowest BCUT2D eigenvalue weighted by atomic mass is 9.88. The highest BCUT2D eigenvalue weighted by molar-refractivity contribution is 6.04. The first-order valence-corrected chi connectivity index (χ1v) is 8.98. The number of carbonyl (C=O) groups excluding carboxylic acids is 2. The number of hydrogen-bond acceptors (Lipinski definition) is 2. The van der Waals surface area contributed by atoms with Crippen LogP contribution < -0.4 is 0 Å². The summed E-state index contributed by atoms with van der Waals surface area (Å²) in [5, 5.41) is 0. The number of benzene rings is 1. The second-order valence-electron chi connectivity index (χ2n) is 7.49. The summed E-state index contributed by atoms with van der Waals surface area (Å²) in [7, 11) is 0. The van der Waals surface area contributed by atoms with Gasteiger partial charge in [-0.15, -0.1) is 0 Å². The van der Waals surface area contributed by atoms with Gasteiger partial charge < -0.3 is 9.80 Å². The van der Waals surface area contributed by atoms with E-state index in [9.17, 15) is 9.59 Å². The van der Waals surface area contributed by atoms with Gasteiger partial charge in [0.1, 0.15) is 5.41 Å². The molecule has 2 amide bonds. The van der Waals surface area contributed by atoms with Crippen molar-refractivity contribution in [2.75, 3.05) is 13.1 Å². The predicted molar refractivity (Wildman–Crippen MR) is 96.3 cm³/mol. The number of piperidine rings is 1. The molecule has 0 spiro atoms. The molecule has 4 nitrogen and oxygen atoms in total. The first kappa shape index (κ1) is 18.5. The summed E-state index contributed by atoms with van der Waals surface area (Å²) in [5.41, 5.74) is 0.0666. The molecule has 0 unspecified atom stereocenters. The van der Waals surface area contributed by atoms with Gasteiger partial charge in [0.05, 0.1) is 0 Å². The molecule has 24 heavy (non-hydrogen) atoms. The smallest absolute Gasteiger partial charge is 0.238 e. The molecule has 0 aliphatic carbocycles. The average molecular weight is 330 g/mol. The molecule has 4 heteroatoms. The van der Waals surface area contributed by atoms with Gasteiger partial charge in [0.2, 0.25) is 11.8 Å². The van der Waals surface area contributed by atoms with Crippen molar-refractivity contribution in [1.82, 2.24) is 9.80 Å². The van der Waals surface area contributed by atoms with Crippen molar-refractivity contribution in [2.45, 2.75) is 59.5 Å². The van der Waals surface area contributed by atoms with Gasteiger partial charge in [0.25, 0.3) is 0 Å². The van der Waals surface area contributed by atoms with Crippen molar-refractivity contribution in [3.8, 4) is 0 Å². The van der Waals surface area contributed by atoms with E-state index in [-0.39, 0.29) is 17.9 Å². The Morgan fingerprint density at radius 1 is 1.08 bits per heavy atom. The largest absolute Gasteiger partial charge is 0.342 e. The molecule has 1 aromatic carbocycles. The molecule has 0 atom stereocenters. The van der Waals surface area contributed by atoms with E-state index in [0.717, 1.165) is 31.5 Å². The molecule has 1 aliphatic heterocycles. The Labute approximate surface area is 145 Å². The van der Waals surface area contributed by atoms with Crippen LogP contribution in [0.5, 0.6) is 0 Å². The second kappa shape index (κ2) is 7.82. The highest BCUT2D eigenvalue weighted by Crippen LogP contribution is 2.26. The molecule has 0 N–H and O–H groups in total. The highest BCUT2D eigenvalue weighted by atomic mass is 16.2. The van der Waals surface area contributed by atoms with Gasteiger partial charge in [0, 0.05) is 25.7 Å². The molecule has 1 aromatic rings. The third kappa shape index (κ3) is 4.16. The standard InChI is InChI=1S/C20H30N2O2/c1-16(2)22(15-17-11-7-5-8-12-17)19(24)20(3,4)18(23)21-13-9-6-10-14-21/h5,7-8,11-12,16H,6,9-10,13-15H2,1-4H3. The van der Waals surface area contributed by atoms with E-state index in [0.29, 0.717) is 6.54 Å². The Hall–Kier alpha value is -1.84. The minimum atomic E-state index is -1.02. The number of nitrogens with zero attached hydrogens (tertiary/aromatic N) is 2. The molecule has 1 aliphatic rings. The summed E-state index contributed by atoms with van der Waals surface area (Å²) in [6.45, 7) is 9.63. The first-order chi connectivity index (χ1) is 11.3. The van der Waals surface area contributed by atoms with Crippen molar-refractivity contribution >= 4 is 11.8 Å². The molecule has 0 saturated carbocycles. The molecule has 1 fully saturated rings. The number of rotatable bonds is 5. The van der Waals surface area contributed by atoms with Gasteiger partial charge in [-0.05, 0) is 52.5 Å². The Morgan fingerprint density at radius 3 is 2.21 bits per heavy atom. The topological polar surface area (TPSA) is 40.6 Å². The lowest BCUT2D eigenvalue weighted by molar-refractivity contribution is -0.156. The van der Waals surface area contributed by atoms with Crippen LogP contribution in [0.25, 0.3) is 0 Å². The van der Waals surface area contributed by atoms with E-state index in [4.69, 9.17) is 0 Å². The summed E-state index contributed by atoms with van der Waals surface area (Å²) in [4.78, 5) is 29.8. The maximum atomic E-state index is 13.2. The Balaban J connectivity index is 2.16. The number of likely N-dealkylation sites (tertiary alicyclic amines) is 1. The summed E-state index contributed by atoms with van der Waals surface area (Å²) in [5.74, 6) is -0.122. The number of amides is 2. The Kier molecular flexibility index (Phi) is 6.03. The van der Waals surface area contributed by atoms with Gasteiger partial charge in [-0.2, -0.15) is 0 Å². The molecule has 2 rings (SSSR count). The Bertz CT molecular complexity index is 560. The van der Waals surface area contributed by atoms with Crippen molar-refractivity contribution in [2.24, 2.45) is 5.41 Å². The van der Waals surface area contributed by atoms with Crippen LogP contribution in [0.15, 0.2) is 30.3 Å². The van der Waals surface area contributed by atoms with Crippen molar-refractivity contribution in [3.63, 3.8) is 0 Å². The zero-order valence-corrected chi connectivity index (χ0v) is 15.4. The maximum Gasteiger partial charge on any atom is 0.238 e. The minimum Gasteiger partial charge on any atom is -0.342 e. The van der Waals surface area contributed by atoms with Gasteiger partial charge >= 0.3 is 0 Å². The van der Waals surface area contributed by atoms with E-state index in [1.54, 1.807) is 13.8 Å². The molecular weight excluding hydrogens is 300 g/mol. The van der Waals surface area contributed by atoms with Crippen molar-refractivity contribution in [3.05, 3.63) is 35.9 Å². The summed E-state index contributed by atoms with van der Waals surface area (Å²) in [6.07, 6.45) is 3.24. The molecule has 0 radical (unpaired) electrons. The van der Waals surface area contributed by atoms with Crippen LogP contribution in [-0.2, 0) is 16.1 Å². The SMILES string of the molecule is CC(C)N(Cc1ccccc1)C(=O)C(C)(C)C(=O)N1CCCCC1. The highest BCUT2D eigenvalue weighted by Gasteiger charge is 2.42. The van der Waals surface area contributed by atoms with Crippen LogP contribution in [0.4, 0.5) is 0 Å². The maximum absolute atomic E-state index is 13.2. The van der Waals surface area contributed by atoms with E-state index in [2.05, 4.69) is 0 Å². The van der Waals surface area contributed by atoms with E-state index < -0.39 is 5.41 Å². The fraction of sp³-hybridized carbons (Fsp3) is 0.600. The van der Waals surface area contributed by atoms with Gasteiger partial charge in [-0.25, -0.2) is 0 Å². The van der Waals surface area contributed by atoms with Crippen molar-refractivity contribution in [1.29, 1.82) is 0 Å². The summed E-state index contributed by atoms with van der Waals surface area (Å²) < 4.78 is 0. The number of hydrogen-bond donors (Lipinski definition) is 0. The van der Waals surface area contributed by atoms with Crippen LogP contribution in [0.3, 0.4) is 0 Å². The van der Waals surface area contributed by atoms with Crippen LogP contribution >= 0.6 is 0 Å².